The van der Waals surface area contributed by atoms with Gasteiger partial charge in [-0.1, -0.05) is 32.4 Å². The summed E-state index contributed by atoms with van der Waals surface area (Å²) >= 11 is 5.54. The molecule has 0 unspecified atom stereocenters. The SMILES string of the molecule is CCCc1nn(C)c2c1[nH]c(=S)n2-c1cccc(CC)c1. The van der Waals surface area contributed by atoms with Gasteiger partial charge >= 0.3 is 0 Å². The third-order valence-corrected chi connectivity index (χ3v) is 4.08. The van der Waals surface area contributed by atoms with Gasteiger partial charge in [0.25, 0.3) is 0 Å². The lowest BCUT2D eigenvalue weighted by Gasteiger charge is -2.06. The standard InChI is InChI=1S/C16H20N4S/c1-4-7-13-14-15(19(3)18-13)20(16(21)17-14)12-9-6-8-11(5-2)10-12/h6,8-10H,4-5,7H2,1-3H3,(H,17,21). The summed E-state index contributed by atoms with van der Waals surface area (Å²) in [5.41, 5.74) is 5.59. The van der Waals surface area contributed by atoms with E-state index in [0.717, 1.165) is 46.6 Å². The Kier molecular flexibility index (Phi) is 3.68. The third-order valence-electron chi connectivity index (χ3n) is 3.80. The van der Waals surface area contributed by atoms with E-state index in [1.165, 1.54) is 5.56 Å². The van der Waals surface area contributed by atoms with Crippen LogP contribution in [-0.4, -0.2) is 19.3 Å². The Balaban J connectivity index is 2.27. The number of hydrogen-bond donors (Lipinski definition) is 1. The van der Waals surface area contributed by atoms with Crippen LogP contribution in [-0.2, 0) is 19.9 Å². The number of fused-ring (bicyclic) bond motifs is 1. The Labute approximate surface area is 129 Å². The van der Waals surface area contributed by atoms with E-state index in [9.17, 15) is 0 Å². The van der Waals surface area contributed by atoms with Gasteiger partial charge in [-0.15, -0.1) is 0 Å². The maximum Gasteiger partial charge on any atom is 0.184 e. The molecule has 0 aliphatic rings. The fourth-order valence-corrected chi connectivity index (χ4v) is 3.07. The molecule has 1 N–H and O–H groups in total. The summed E-state index contributed by atoms with van der Waals surface area (Å²) in [6.07, 6.45) is 3.05. The molecule has 0 spiro atoms. The molecule has 1 aromatic carbocycles. The molecule has 0 amide bonds. The summed E-state index contributed by atoms with van der Waals surface area (Å²) in [5, 5.41) is 4.63. The van der Waals surface area contributed by atoms with E-state index in [-0.39, 0.29) is 0 Å². The lowest BCUT2D eigenvalue weighted by Crippen LogP contribution is -2.01. The van der Waals surface area contributed by atoms with Gasteiger partial charge < -0.3 is 4.98 Å². The smallest absolute Gasteiger partial charge is 0.184 e. The number of nitrogens with zero attached hydrogens (tertiary/aromatic N) is 3. The van der Waals surface area contributed by atoms with Crippen molar-refractivity contribution in [1.82, 2.24) is 19.3 Å². The van der Waals surface area contributed by atoms with Crippen molar-refractivity contribution >= 4 is 23.4 Å². The van der Waals surface area contributed by atoms with Crippen LogP contribution >= 0.6 is 12.2 Å². The fourth-order valence-electron chi connectivity index (χ4n) is 2.78. The minimum Gasteiger partial charge on any atom is -0.327 e. The van der Waals surface area contributed by atoms with Crippen LogP contribution < -0.4 is 0 Å². The van der Waals surface area contributed by atoms with E-state index in [2.05, 4.69) is 52.8 Å². The van der Waals surface area contributed by atoms with E-state index in [1.807, 2.05) is 11.7 Å². The van der Waals surface area contributed by atoms with Gasteiger partial charge in [0.2, 0.25) is 0 Å². The molecule has 0 bridgehead atoms. The largest absolute Gasteiger partial charge is 0.327 e. The Hall–Kier alpha value is -1.88. The van der Waals surface area contributed by atoms with Gasteiger partial charge in [0.1, 0.15) is 5.52 Å². The molecule has 21 heavy (non-hydrogen) atoms. The van der Waals surface area contributed by atoms with Gasteiger partial charge in [-0.3, -0.25) is 4.57 Å². The van der Waals surface area contributed by atoms with E-state index < -0.39 is 0 Å². The maximum atomic E-state index is 5.54. The van der Waals surface area contributed by atoms with Crippen LogP contribution in [0.1, 0.15) is 31.5 Å². The molecule has 3 rings (SSSR count). The molecule has 2 aromatic heterocycles. The van der Waals surface area contributed by atoms with Crippen molar-refractivity contribution in [3.63, 3.8) is 0 Å². The number of nitrogens with one attached hydrogen (secondary N) is 1. The number of aromatic amines is 1. The Morgan fingerprint density at radius 2 is 2.10 bits per heavy atom. The monoisotopic (exact) mass is 300 g/mol. The van der Waals surface area contributed by atoms with E-state index in [4.69, 9.17) is 12.2 Å². The van der Waals surface area contributed by atoms with Crippen LogP contribution in [0.2, 0.25) is 0 Å². The summed E-state index contributed by atoms with van der Waals surface area (Å²) in [6, 6.07) is 8.51. The number of benzene rings is 1. The molecule has 2 heterocycles. The minimum atomic E-state index is 0.726. The number of H-pyrrole nitrogens is 1. The third kappa shape index (κ3) is 2.31. The highest BCUT2D eigenvalue weighted by Crippen LogP contribution is 2.23. The highest BCUT2D eigenvalue weighted by molar-refractivity contribution is 7.71. The predicted octanol–water partition coefficient (Wildman–Crippen LogP) is 3.94. The van der Waals surface area contributed by atoms with Crippen molar-refractivity contribution in [2.24, 2.45) is 7.05 Å². The van der Waals surface area contributed by atoms with Crippen molar-refractivity contribution < 1.29 is 0 Å². The van der Waals surface area contributed by atoms with Crippen molar-refractivity contribution in [3.8, 4) is 5.69 Å². The zero-order valence-corrected chi connectivity index (χ0v) is 13.5. The van der Waals surface area contributed by atoms with Gasteiger partial charge in [-0.25, -0.2) is 4.68 Å². The molecular formula is C16H20N4S. The molecular weight excluding hydrogens is 280 g/mol. The molecule has 0 aliphatic heterocycles. The lowest BCUT2D eigenvalue weighted by molar-refractivity contribution is 0.735. The number of imidazole rings is 1. The molecule has 3 aromatic rings. The van der Waals surface area contributed by atoms with Crippen molar-refractivity contribution in [1.29, 1.82) is 0 Å². The van der Waals surface area contributed by atoms with Gasteiger partial charge in [-0.2, -0.15) is 5.10 Å². The Morgan fingerprint density at radius 1 is 1.29 bits per heavy atom. The zero-order valence-electron chi connectivity index (χ0n) is 12.7. The van der Waals surface area contributed by atoms with Gasteiger partial charge in [0.15, 0.2) is 10.4 Å². The fraction of sp³-hybridized carbons (Fsp3) is 0.375. The predicted molar refractivity (Wildman–Crippen MR) is 88.6 cm³/mol. The van der Waals surface area contributed by atoms with E-state index >= 15 is 0 Å². The molecule has 0 radical (unpaired) electrons. The van der Waals surface area contributed by atoms with Gasteiger partial charge in [0, 0.05) is 7.05 Å². The summed E-state index contributed by atoms with van der Waals surface area (Å²) in [5.74, 6) is 0. The first kappa shape index (κ1) is 14.1. The average Bonchev–Trinajstić information content (AvgIpc) is 2.97. The van der Waals surface area contributed by atoms with Crippen LogP contribution in [0.25, 0.3) is 16.9 Å². The van der Waals surface area contributed by atoms with E-state index in [0.29, 0.717) is 0 Å². The molecule has 4 nitrogen and oxygen atoms in total. The number of aromatic nitrogens is 4. The van der Waals surface area contributed by atoms with Crippen LogP contribution in [0.15, 0.2) is 24.3 Å². The second-order valence-electron chi connectivity index (χ2n) is 5.31. The van der Waals surface area contributed by atoms with Crippen LogP contribution in [0.5, 0.6) is 0 Å². The highest BCUT2D eigenvalue weighted by atomic mass is 32.1. The van der Waals surface area contributed by atoms with Gasteiger partial charge in [0.05, 0.1) is 11.4 Å². The minimum absolute atomic E-state index is 0.726. The molecule has 0 saturated carbocycles. The van der Waals surface area contributed by atoms with Gasteiger partial charge in [-0.05, 0) is 42.8 Å². The highest BCUT2D eigenvalue weighted by Gasteiger charge is 2.15. The number of hydrogen-bond acceptors (Lipinski definition) is 2. The molecule has 0 fully saturated rings. The number of aryl methyl sites for hydroxylation is 3. The molecule has 0 saturated heterocycles. The molecule has 110 valence electrons. The van der Waals surface area contributed by atoms with E-state index in [1.54, 1.807) is 0 Å². The van der Waals surface area contributed by atoms with Crippen LogP contribution in [0.4, 0.5) is 0 Å². The Morgan fingerprint density at radius 3 is 2.81 bits per heavy atom. The number of rotatable bonds is 4. The topological polar surface area (TPSA) is 38.5 Å². The molecule has 0 aliphatic carbocycles. The first-order chi connectivity index (χ1) is 10.2. The quantitative estimate of drug-likeness (QED) is 0.741. The summed E-state index contributed by atoms with van der Waals surface area (Å²) in [7, 11) is 1.98. The molecule has 5 heteroatoms. The Bertz CT molecular complexity index is 838. The normalized spacial score (nSPS) is 11.4. The van der Waals surface area contributed by atoms with Crippen molar-refractivity contribution in [2.45, 2.75) is 33.1 Å². The lowest BCUT2D eigenvalue weighted by atomic mass is 10.1. The van der Waals surface area contributed by atoms with Crippen LogP contribution in [0.3, 0.4) is 0 Å². The average molecular weight is 300 g/mol. The first-order valence-corrected chi connectivity index (χ1v) is 7.82. The van der Waals surface area contributed by atoms with Crippen molar-refractivity contribution in [3.05, 3.63) is 40.3 Å². The summed E-state index contributed by atoms with van der Waals surface area (Å²) in [6.45, 7) is 4.32. The van der Waals surface area contributed by atoms with Crippen molar-refractivity contribution in [2.75, 3.05) is 0 Å². The maximum absolute atomic E-state index is 5.54. The zero-order chi connectivity index (χ0) is 15.0. The summed E-state index contributed by atoms with van der Waals surface area (Å²) in [4.78, 5) is 3.33. The van der Waals surface area contributed by atoms with Crippen LogP contribution in [0, 0.1) is 4.77 Å². The first-order valence-electron chi connectivity index (χ1n) is 7.41. The second kappa shape index (κ2) is 5.48. The second-order valence-corrected chi connectivity index (χ2v) is 5.69. The molecule has 0 atom stereocenters. The summed E-state index contributed by atoms with van der Waals surface area (Å²) < 4.78 is 4.73.